The molecule has 0 aromatic heterocycles. The minimum Gasteiger partial charge on any atom is -0.376 e. The minimum atomic E-state index is -4.62. The molecule has 3 N–H and O–H groups in total. The molecular weight excluding hydrogens is 509 g/mol. The van der Waals surface area contributed by atoms with Crippen molar-refractivity contribution in [3.8, 4) is 0 Å². The molecule has 0 radical (unpaired) electrons. The number of nitrogens with zero attached hydrogens (tertiary/aromatic N) is 1. The molecule has 0 spiro atoms. The Bertz CT molecular complexity index is 1360. The normalized spacial score (nSPS) is 16.9. The van der Waals surface area contributed by atoms with Crippen molar-refractivity contribution in [2.24, 2.45) is 0 Å². The summed E-state index contributed by atoms with van der Waals surface area (Å²) in [5, 5.41) is 7.77. The van der Waals surface area contributed by atoms with Crippen molar-refractivity contribution in [2.75, 3.05) is 35.2 Å². The van der Waals surface area contributed by atoms with Gasteiger partial charge in [-0.1, -0.05) is 36.4 Å². The molecule has 2 heterocycles. The number of urea groups is 1. The van der Waals surface area contributed by atoms with Crippen LogP contribution >= 0.6 is 0 Å². The molecule has 204 valence electrons. The summed E-state index contributed by atoms with van der Waals surface area (Å²) < 4.78 is 45.6. The number of hydrogen-bond acceptors (Lipinski definition) is 4. The van der Waals surface area contributed by atoms with Crippen LogP contribution in [0, 0.1) is 0 Å². The fraction of sp³-hybridized carbons (Fsp3) is 0.310. The van der Waals surface area contributed by atoms with Gasteiger partial charge in [-0.05, 0) is 60.7 Å². The van der Waals surface area contributed by atoms with Gasteiger partial charge in [-0.15, -0.1) is 0 Å². The van der Waals surface area contributed by atoms with Crippen molar-refractivity contribution in [1.82, 2.24) is 5.32 Å². The molecule has 7 nitrogen and oxygen atoms in total. The van der Waals surface area contributed by atoms with Crippen molar-refractivity contribution in [3.05, 3.63) is 89.0 Å². The summed E-state index contributed by atoms with van der Waals surface area (Å²) >= 11 is 0. The van der Waals surface area contributed by atoms with Gasteiger partial charge in [0.25, 0.3) is 5.91 Å². The summed E-state index contributed by atoms with van der Waals surface area (Å²) in [5.74, 6) is -0.314. The monoisotopic (exact) mass is 538 g/mol. The highest BCUT2D eigenvalue weighted by atomic mass is 19.4. The van der Waals surface area contributed by atoms with Gasteiger partial charge in [0.1, 0.15) is 0 Å². The molecular formula is C29H29F3N4O3. The predicted molar refractivity (Wildman–Crippen MR) is 143 cm³/mol. The molecule has 3 amide bonds. The third kappa shape index (κ3) is 6.34. The molecule has 1 atom stereocenters. The van der Waals surface area contributed by atoms with Gasteiger partial charge >= 0.3 is 12.2 Å². The van der Waals surface area contributed by atoms with E-state index in [1.54, 1.807) is 18.2 Å². The Morgan fingerprint density at radius 1 is 0.974 bits per heavy atom. The minimum absolute atomic E-state index is 0.0416. The van der Waals surface area contributed by atoms with Crippen LogP contribution < -0.4 is 20.9 Å². The topological polar surface area (TPSA) is 82.7 Å². The molecule has 0 bridgehead atoms. The van der Waals surface area contributed by atoms with Crippen molar-refractivity contribution < 1.29 is 27.5 Å². The van der Waals surface area contributed by atoms with Gasteiger partial charge in [0.15, 0.2) is 0 Å². The van der Waals surface area contributed by atoms with Crippen molar-refractivity contribution in [3.63, 3.8) is 0 Å². The zero-order valence-corrected chi connectivity index (χ0v) is 21.2. The SMILES string of the molecule is O=C(Nc1ccc(N2CCc3ccccc3C2)c(C(=O)NCC2CCCO2)c1)Nc1ccccc1C(F)(F)F. The number of alkyl halides is 3. The first-order valence-electron chi connectivity index (χ1n) is 12.9. The van der Waals surface area contributed by atoms with Crippen LogP contribution in [0.5, 0.6) is 0 Å². The lowest BCUT2D eigenvalue weighted by Gasteiger charge is -2.32. The first-order valence-corrected chi connectivity index (χ1v) is 12.9. The lowest BCUT2D eigenvalue weighted by atomic mass is 9.98. The van der Waals surface area contributed by atoms with E-state index in [1.807, 2.05) is 12.1 Å². The Kier molecular flexibility index (Phi) is 7.74. The highest BCUT2D eigenvalue weighted by molar-refractivity contribution is 6.04. The van der Waals surface area contributed by atoms with Crippen molar-refractivity contribution >= 4 is 29.0 Å². The second kappa shape index (κ2) is 11.4. The second-order valence-corrected chi connectivity index (χ2v) is 9.64. The van der Waals surface area contributed by atoms with Crippen LogP contribution in [0.15, 0.2) is 66.7 Å². The highest BCUT2D eigenvalue weighted by Crippen LogP contribution is 2.35. The molecule has 3 aromatic carbocycles. The zero-order chi connectivity index (χ0) is 27.4. The summed E-state index contributed by atoms with van der Waals surface area (Å²) in [7, 11) is 0. The zero-order valence-electron chi connectivity index (χ0n) is 21.2. The molecule has 1 unspecified atom stereocenters. The van der Waals surface area contributed by atoms with Crippen molar-refractivity contribution in [1.29, 1.82) is 0 Å². The number of fused-ring (bicyclic) bond motifs is 1. The molecule has 1 saturated heterocycles. The lowest BCUT2D eigenvalue weighted by Crippen LogP contribution is -2.35. The average Bonchev–Trinajstić information content (AvgIpc) is 3.45. The number of carbonyl (C=O) groups is 2. The van der Waals surface area contributed by atoms with E-state index in [-0.39, 0.29) is 23.4 Å². The van der Waals surface area contributed by atoms with Crippen LogP contribution in [0.25, 0.3) is 0 Å². The van der Waals surface area contributed by atoms with Gasteiger partial charge < -0.3 is 25.6 Å². The third-order valence-corrected chi connectivity index (χ3v) is 6.97. The van der Waals surface area contributed by atoms with Gasteiger partial charge in [-0.3, -0.25) is 4.79 Å². The second-order valence-electron chi connectivity index (χ2n) is 9.64. The van der Waals surface area contributed by atoms with E-state index in [4.69, 9.17) is 4.74 Å². The number of para-hydroxylation sites is 1. The number of carbonyl (C=O) groups excluding carboxylic acids is 2. The number of hydrogen-bond donors (Lipinski definition) is 3. The summed E-state index contributed by atoms with van der Waals surface area (Å²) in [6.07, 6.45) is -2.01. The first kappa shape index (κ1) is 26.6. The largest absolute Gasteiger partial charge is 0.418 e. The van der Waals surface area contributed by atoms with Gasteiger partial charge in [0.05, 0.1) is 22.9 Å². The number of ether oxygens (including phenoxy) is 1. The Hall–Kier alpha value is -4.05. The summed E-state index contributed by atoms with van der Waals surface area (Å²) in [6.45, 7) is 2.38. The van der Waals surface area contributed by atoms with E-state index in [0.29, 0.717) is 37.5 Å². The number of anilines is 3. The van der Waals surface area contributed by atoms with E-state index in [1.165, 1.54) is 29.3 Å². The molecule has 2 aliphatic rings. The Balaban J connectivity index is 1.37. The predicted octanol–water partition coefficient (Wildman–Crippen LogP) is 5.82. The molecule has 1 fully saturated rings. The van der Waals surface area contributed by atoms with Crippen LogP contribution in [-0.2, 0) is 23.9 Å². The number of amides is 3. The number of rotatable bonds is 6. The first-order chi connectivity index (χ1) is 18.8. The molecule has 3 aromatic rings. The van der Waals surface area contributed by atoms with E-state index < -0.39 is 17.8 Å². The van der Waals surface area contributed by atoms with Gasteiger partial charge in [0.2, 0.25) is 0 Å². The maximum Gasteiger partial charge on any atom is 0.418 e. The molecule has 0 saturated carbocycles. The fourth-order valence-corrected chi connectivity index (χ4v) is 5.00. The fourth-order valence-electron chi connectivity index (χ4n) is 5.00. The number of halogens is 3. The smallest absolute Gasteiger partial charge is 0.376 e. The average molecular weight is 539 g/mol. The van der Waals surface area contributed by atoms with Gasteiger partial charge in [0, 0.05) is 37.6 Å². The van der Waals surface area contributed by atoms with E-state index in [2.05, 4.69) is 33.0 Å². The Labute approximate surface area is 224 Å². The summed E-state index contributed by atoms with van der Waals surface area (Å²) in [5.41, 5.74) is 2.49. The molecule has 5 rings (SSSR count). The molecule has 2 aliphatic heterocycles. The Morgan fingerprint density at radius 2 is 1.74 bits per heavy atom. The molecule has 10 heteroatoms. The maximum atomic E-state index is 13.3. The maximum absolute atomic E-state index is 13.3. The molecule has 0 aliphatic carbocycles. The van der Waals surface area contributed by atoms with Crippen LogP contribution in [-0.4, -0.2) is 37.7 Å². The molecule has 39 heavy (non-hydrogen) atoms. The Morgan fingerprint density at radius 3 is 2.51 bits per heavy atom. The van der Waals surface area contributed by atoms with Crippen LogP contribution in [0.2, 0.25) is 0 Å². The van der Waals surface area contributed by atoms with Crippen LogP contribution in [0.3, 0.4) is 0 Å². The summed E-state index contributed by atoms with van der Waals surface area (Å²) in [6, 6.07) is 17.0. The van der Waals surface area contributed by atoms with E-state index >= 15 is 0 Å². The van der Waals surface area contributed by atoms with E-state index in [0.717, 1.165) is 25.3 Å². The number of benzene rings is 3. The summed E-state index contributed by atoms with van der Waals surface area (Å²) in [4.78, 5) is 28.1. The van der Waals surface area contributed by atoms with Gasteiger partial charge in [-0.25, -0.2) is 4.79 Å². The quantitative estimate of drug-likeness (QED) is 0.369. The number of nitrogens with one attached hydrogen (secondary N) is 3. The van der Waals surface area contributed by atoms with Crippen LogP contribution in [0.4, 0.5) is 35.0 Å². The standard InChI is InChI=1S/C29H29F3N4O3/c30-29(31,32)24-9-3-4-10-25(24)35-28(38)34-21-11-12-26(36-14-13-19-6-1-2-7-20(19)18-36)23(16-21)27(37)33-17-22-8-5-15-39-22/h1-4,6-7,9-12,16,22H,5,8,13-15,17-18H2,(H,33,37)(H2,34,35,38). The lowest BCUT2D eigenvalue weighted by molar-refractivity contribution is -0.136. The van der Waals surface area contributed by atoms with Crippen LogP contribution in [0.1, 0.15) is 39.9 Å². The van der Waals surface area contributed by atoms with E-state index in [9.17, 15) is 22.8 Å². The third-order valence-electron chi connectivity index (χ3n) is 6.97. The highest BCUT2D eigenvalue weighted by Gasteiger charge is 2.33. The van der Waals surface area contributed by atoms with Crippen molar-refractivity contribution in [2.45, 2.75) is 38.1 Å². The van der Waals surface area contributed by atoms with Gasteiger partial charge in [-0.2, -0.15) is 13.2 Å².